The second kappa shape index (κ2) is 5.90. The third-order valence-electron chi connectivity index (χ3n) is 2.49. The van der Waals surface area contributed by atoms with Crippen LogP contribution in [0.4, 0.5) is 0 Å². The van der Waals surface area contributed by atoms with Crippen LogP contribution in [0.1, 0.15) is 35.8 Å². The summed E-state index contributed by atoms with van der Waals surface area (Å²) in [6.07, 6.45) is 7.83. The van der Waals surface area contributed by atoms with Crippen molar-refractivity contribution in [3.05, 3.63) is 33.7 Å². The molecular weight excluding hydrogens is 216 g/mol. The number of nitrogens with one attached hydrogen (secondary N) is 2. The molecule has 4 heteroatoms. The van der Waals surface area contributed by atoms with E-state index in [1.54, 1.807) is 6.92 Å². The summed E-state index contributed by atoms with van der Waals surface area (Å²) in [4.78, 5) is 26.3. The molecular formula is C13H16N2O2. The highest BCUT2D eigenvalue weighted by Gasteiger charge is 2.14. The number of amides is 1. The SMILES string of the molecule is C#CCC(CC)NC(=O)c1c[nH]c(C)cc1=O. The molecule has 1 rings (SSSR count). The van der Waals surface area contributed by atoms with Crippen molar-refractivity contribution in [2.45, 2.75) is 32.7 Å². The van der Waals surface area contributed by atoms with Crippen molar-refractivity contribution in [3.63, 3.8) is 0 Å². The predicted octanol–water partition coefficient (Wildman–Crippen LogP) is 1.22. The first-order valence-electron chi connectivity index (χ1n) is 5.52. The maximum Gasteiger partial charge on any atom is 0.256 e. The van der Waals surface area contributed by atoms with Gasteiger partial charge in [0.1, 0.15) is 5.56 Å². The Morgan fingerprint density at radius 3 is 2.88 bits per heavy atom. The minimum Gasteiger partial charge on any atom is -0.364 e. The number of aromatic amines is 1. The van der Waals surface area contributed by atoms with E-state index in [1.165, 1.54) is 12.3 Å². The number of carbonyl (C=O) groups is 1. The number of H-pyrrole nitrogens is 1. The lowest BCUT2D eigenvalue weighted by Crippen LogP contribution is -2.36. The first-order chi connectivity index (χ1) is 8.08. The highest BCUT2D eigenvalue weighted by molar-refractivity contribution is 5.93. The van der Waals surface area contributed by atoms with E-state index in [-0.39, 0.29) is 22.9 Å². The first-order valence-corrected chi connectivity index (χ1v) is 5.52. The topological polar surface area (TPSA) is 62.0 Å². The van der Waals surface area contributed by atoms with Gasteiger partial charge in [-0.25, -0.2) is 0 Å². The molecule has 1 atom stereocenters. The third-order valence-corrected chi connectivity index (χ3v) is 2.49. The average molecular weight is 232 g/mol. The lowest BCUT2D eigenvalue weighted by atomic mass is 10.1. The van der Waals surface area contributed by atoms with Crippen molar-refractivity contribution in [2.24, 2.45) is 0 Å². The molecule has 90 valence electrons. The van der Waals surface area contributed by atoms with Gasteiger partial charge in [0.05, 0.1) is 0 Å². The van der Waals surface area contributed by atoms with E-state index in [0.29, 0.717) is 6.42 Å². The van der Waals surface area contributed by atoms with Gasteiger partial charge in [-0.15, -0.1) is 12.3 Å². The van der Waals surface area contributed by atoms with Gasteiger partial charge in [0, 0.05) is 30.4 Å². The van der Waals surface area contributed by atoms with Gasteiger partial charge in [0.25, 0.3) is 5.91 Å². The fraction of sp³-hybridized carbons (Fsp3) is 0.385. The summed E-state index contributed by atoms with van der Waals surface area (Å²) in [6.45, 7) is 3.69. The molecule has 1 aromatic heterocycles. The number of aryl methyl sites for hydroxylation is 1. The Morgan fingerprint density at radius 1 is 1.65 bits per heavy atom. The predicted molar refractivity (Wildman–Crippen MR) is 66.8 cm³/mol. The molecule has 0 bridgehead atoms. The molecule has 17 heavy (non-hydrogen) atoms. The smallest absolute Gasteiger partial charge is 0.256 e. The summed E-state index contributed by atoms with van der Waals surface area (Å²) in [6, 6.07) is 1.31. The molecule has 0 aliphatic heterocycles. The molecule has 0 spiro atoms. The minimum absolute atomic E-state index is 0.0896. The van der Waals surface area contributed by atoms with Crippen LogP contribution in [0.15, 0.2) is 17.1 Å². The number of terminal acetylenes is 1. The Morgan fingerprint density at radius 2 is 2.35 bits per heavy atom. The van der Waals surface area contributed by atoms with Crippen molar-refractivity contribution >= 4 is 5.91 Å². The zero-order valence-corrected chi connectivity index (χ0v) is 10.0. The molecule has 2 N–H and O–H groups in total. The third kappa shape index (κ3) is 3.49. The van der Waals surface area contributed by atoms with Crippen LogP contribution in [0.2, 0.25) is 0 Å². The van der Waals surface area contributed by atoms with Gasteiger partial charge in [-0.05, 0) is 13.3 Å². The molecule has 0 radical (unpaired) electrons. The number of aromatic nitrogens is 1. The summed E-state index contributed by atoms with van der Waals surface area (Å²) in [5.74, 6) is 2.12. The molecule has 4 nitrogen and oxygen atoms in total. The summed E-state index contributed by atoms with van der Waals surface area (Å²) in [5, 5.41) is 2.74. The van der Waals surface area contributed by atoms with E-state index in [2.05, 4.69) is 16.2 Å². The Hall–Kier alpha value is -2.02. The van der Waals surface area contributed by atoms with E-state index in [4.69, 9.17) is 6.42 Å². The summed E-state index contributed by atoms with van der Waals surface area (Å²) >= 11 is 0. The Kier molecular flexibility index (Phi) is 4.53. The number of hydrogen-bond acceptors (Lipinski definition) is 2. The monoisotopic (exact) mass is 232 g/mol. The van der Waals surface area contributed by atoms with Gasteiger partial charge in [0.15, 0.2) is 5.43 Å². The van der Waals surface area contributed by atoms with Crippen LogP contribution in [0.25, 0.3) is 0 Å². The molecule has 1 unspecified atom stereocenters. The van der Waals surface area contributed by atoms with Crippen LogP contribution in [-0.4, -0.2) is 16.9 Å². The minimum atomic E-state index is -0.381. The fourth-order valence-corrected chi connectivity index (χ4v) is 1.45. The second-order valence-electron chi connectivity index (χ2n) is 3.88. The quantitative estimate of drug-likeness (QED) is 0.767. The fourth-order valence-electron chi connectivity index (χ4n) is 1.45. The number of hydrogen-bond donors (Lipinski definition) is 2. The molecule has 0 fully saturated rings. The lowest BCUT2D eigenvalue weighted by Gasteiger charge is -2.13. The van der Waals surface area contributed by atoms with Gasteiger partial charge in [-0.1, -0.05) is 6.92 Å². The summed E-state index contributed by atoms with van der Waals surface area (Å²) < 4.78 is 0. The van der Waals surface area contributed by atoms with Gasteiger partial charge >= 0.3 is 0 Å². The second-order valence-corrected chi connectivity index (χ2v) is 3.88. The van der Waals surface area contributed by atoms with Gasteiger partial charge in [0.2, 0.25) is 0 Å². The highest BCUT2D eigenvalue weighted by atomic mass is 16.2. The van der Waals surface area contributed by atoms with E-state index >= 15 is 0 Å². The molecule has 1 heterocycles. The van der Waals surface area contributed by atoms with E-state index in [9.17, 15) is 9.59 Å². The van der Waals surface area contributed by atoms with E-state index in [0.717, 1.165) is 12.1 Å². The maximum absolute atomic E-state index is 11.8. The first kappa shape index (κ1) is 13.0. The van der Waals surface area contributed by atoms with Crippen LogP contribution in [0.5, 0.6) is 0 Å². The molecule has 1 aromatic rings. The molecule has 0 saturated heterocycles. The van der Waals surface area contributed by atoms with Crippen molar-refractivity contribution < 1.29 is 4.79 Å². The molecule has 0 aliphatic rings. The lowest BCUT2D eigenvalue weighted by molar-refractivity contribution is 0.0935. The standard InChI is InChI=1S/C13H16N2O2/c1-4-6-10(5-2)15-13(17)11-8-14-9(3)7-12(11)16/h1,7-8,10H,5-6H2,2-3H3,(H,14,16)(H,15,17). The van der Waals surface area contributed by atoms with E-state index in [1.807, 2.05) is 6.92 Å². The summed E-state index contributed by atoms with van der Waals surface area (Å²) in [5.41, 5.74) is 0.558. The maximum atomic E-state index is 11.8. The van der Waals surface area contributed by atoms with Crippen LogP contribution >= 0.6 is 0 Å². The van der Waals surface area contributed by atoms with Gasteiger partial charge in [-0.3, -0.25) is 9.59 Å². The Bertz CT molecular complexity index is 497. The zero-order chi connectivity index (χ0) is 12.8. The normalized spacial score (nSPS) is 11.6. The highest BCUT2D eigenvalue weighted by Crippen LogP contribution is 1.99. The molecule has 0 saturated carbocycles. The van der Waals surface area contributed by atoms with Crippen LogP contribution in [0, 0.1) is 19.3 Å². The van der Waals surface area contributed by atoms with Crippen molar-refractivity contribution in [1.29, 1.82) is 0 Å². The van der Waals surface area contributed by atoms with Crippen molar-refractivity contribution in [2.75, 3.05) is 0 Å². The Balaban J connectivity index is 2.83. The summed E-state index contributed by atoms with van der Waals surface area (Å²) in [7, 11) is 0. The molecule has 0 aromatic carbocycles. The van der Waals surface area contributed by atoms with Crippen LogP contribution < -0.4 is 10.7 Å². The van der Waals surface area contributed by atoms with Crippen molar-refractivity contribution in [3.8, 4) is 12.3 Å². The van der Waals surface area contributed by atoms with Gasteiger partial charge < -0.3 is 10.3 Å². The molecule has 1 amide bonds. The number of rotatable bonds is 4. The average Bonchev–Trinajstić information content (AvgIpc) is 2.28. The van der Waals surface area contributed by atoms with Crippen LogP contribution in [0.3, 0.4) is 0 Å². The number of pyridine rings is 1. The van der Waals surface area contributed by atoms with Gasteiger partial charge in [-0.2, -0.15) is 0 Å². The van der Waals surface area contributed by atoms with E-state index < -0.39 is 0 Å². The largest absolute Gasteiger partial charge is 0.364 e. The molecule has 0 aliphatic carbocycles. The van der Waals surface area contributed by atoms with Crippen LogP contribution in [-0.2, 0) is 0 Å². The Labute approximate surface area is 100 Å². The zero-order valence-electron chi connectivity index (χ0n) is 10.0. The number of carbonyl (C=O) groups excluding carboxylic acids is 1. The van der Waals surface area contributed by atoms with Crippen molar-refractivity contribution in [1.82, 2.24) is 10.3 Å².